The molecule has 1 heterocycles. The maximum atomic E-state index is 13.7. The number of halogens is 4. The van der Waals surface area contributed by atoms with Crippen LogP contribution in [0.3, 0.4) is 0 Å². The summed E-state index contributed by atoms with van der Waals surface area (Å²) in [5, 5.41) is 10.2. The van der Waals surface area contributed by atoms with Crippen molar-refractivity contribution in [3.63, 3.8) is 0 Å². The van der Waals surface area contributed by atoms with Gasteiger partial charge < -0.3 is 20.7 Å². The van der Waals surface area contributed by atoms with Crippen LogP contribution in [0.25, 0.3) is 0 Å². The molecule has 0 spiro atoms. The van der Waals surface area contributed by atoms with Gasteiger partial charge in [0, 0.05) is 12.1 Å². The van der Waals surface area contributed by atoms with Crippen LogP contribution >= 0.6 is 11.6 Å². The van der Waals surface area contributed by atoms with Gasteiger partial charge in [0.05, 0.1) is 29.2 Å². The van der Waals surface area contributed by atoms with Crippen LogP contribution in [0.1, 0.15) is 66.8 Å². The summed E-state index contributed by atoms with van der Waals surface area (Å²) in [6, 6.07) is 32.1. The van der Waals surface area contributed by atoms with E-state index < -0.39 is 17.3 Å². The first kappa shape index (κ1) is 36.4. The number of hydrogen-bond donors (Lipinski definition) is 3. The van der Waals surface area contributed by atoms with E-state index in [1.165, 1.54) is 6.07 Å². The van der Waals surface area contributed by atoms with Crippen LogP contribution < -0.4 is 20.7 Å². The lowest BCUT2D eigenvalue weighted by Crippen LogP contribution is -2.47. The van der Waals surface area contributed by atoms with E-state index in [0.717, 1.165) is 48.6 Å². The zero-order chi connectivity index (χ0) is 34.7. The van der Waals surface area contributed by atoms with Crippen molar-refractivity contribution in [2.45, 2.75) is 75.7 Å². The van der Waals surface area contributed by atoms with Gasteiger partial charge in [-0.25, -0.2) is 0 Å². The Hall–Kier alpha value is -3.85. The molecule has 0 radical (unpaired) electrons. The quantitative estimate of drug-likeness (QED) is 0.103. The molecule has 5 nitrogen and oxygen atoms in total. The van der Waals surface area contributed by atoms with Crippen molar-refractivity contribution in [3.8, 4) is 5.75 Å². The number of ether oxygens (including phenoxy) is 1. The van der Waals surface area contributed by atoms with Gasteiger partial charge in [0.1, 0.15) is 5.75 Å². The fraction of sp³-hybridized carbons (Fsp3) is 0.375. The van der Waals surface area contributed by atoms with Gasteiger partial charge in [0.2, 0.25) is 5.91 Å². The Kier molecular flexibility index (Phi) is 12.8. The van der Waals surface area contributed by atoms with Crippen LogP contribution in [-0.4, -0.2) is 37.7 Å². The van der Waals surface area contributed by atoms with Gasteiger partial charge in [-0.15, -0.1) is 0 Å². The summed E-state index contributed by atoms with van der Waals surface area (Å²) in [6.45, 7) is 4.12. The van der Waals surface area contributed by atoms with Crippen molar-refractivity contribution in [1.82, 2.24) is 16.0 Å². The Balaban J connectivity index is 1.24. The average molecular weight is 692 g/mol. The number of benzene rings is 4. The second-order valence-corrected chi connectivity index (χ2v) is 13.0. The molecule has 49 heavy (non-hydrogen) atoms. The molecule has 0 bridgehead atoms. The van der Waals surface area contributed by atoms with E-state index >= 15 is 0 Å². The Morgan fingerprint density at radius 3 is 2.29 bits per heavy atom. The van der Waals surface area contributed by atoms with Crippen molar-refractivity contribution in [1.29, 1.82) is 0 Å². The molecule has 4 aromatic rings. The normalized spacial score (nSPS) is 15.6. The Bertz CT molecular complexity index is 1590. The second-order valence-electron chi connectivity index (χ2n) is 12.7. The number of carbonyl (C=O) groups excluding carboxylic acids is 1. The minimum Gasteiger partial charge on any atom is -0.494 e. The second kappa shape index (κ2) is 17.2. The predicted molar refractivity (Wildman–Crippen MR) is 190 cm³/mol. The molecular weight excluding hydrogens is 647 g/mol. The van der Waals surface area contributed by atoms with E-state index in [4.69, 9.17) is 16.3 Å². The number of rotatable bonds is 16. The van der Waals surface area contributed by atoms with E-state index in [-0.39, 0.29) is 23.4 Å². The molecule has 1 amide bonds. The zero-order valence-corrected chi connectivity index (χ0v) is 28.6. The molecule has 9 heteroatoms. The van der Waals surface area contributed by atoms with E-state index in [9.17, 15) is 18.0 Å². The lowest BCUT2D eigenvalue weighted by Gasteiger charge is -2.37. The number of amides is 1. The molecule has 2 atom stereocenters. The summed E-state index contributed by atoms with van der Waals surface area (Å²) >= 11 is 6.33. The standard InChI is InChI=1S/C40H45ClF3N3O2/c1-2-35(36-21-11-24-45-36)47-37(48)28-29-13-9-19-33(27-29)49-26-12-25-46-39(31-15-5-3-6-16-31,32-17-7-4-8-18-32)23-22-30-14-10-20-34(38(30)41)40(42,43)44/h3-10,13-20,27,35-36,45-46H,2,11-12,21-26,28H2,1H3,(H,47,48). The van der Waals surface area contributed by atoms with Crippen LogP contribution in [-0.2, 0) is 29.4 Å². The number of carbonyl (C=O) groups is 1. The first-order chi connectivity index (χ1) is 23.7. The molecule has 1 aliphatic heterocycles. The molecule has 1 aliphatic rings. The summed E-state index contributed by atoms with van der Waals surface area (Å²) in [4.78, 5) is 12.9. The first-order valence-electron chi connectivity index (χ1n) is 17.1. The molecule has 5 rings (SSSR count). The molecule has 1 saturated heterocycles. The third-order valence-electron chi connectivity index (χ3n) is 9.34. The monoisotopic (exact) mass is 691 g/mol. The van der Waals surface area contributed by atoms with Gasteiger partial charge in [-0.1, -0.05) is 103 Å². The van der Waals surface area contributed by atoms with Gasteiger partial charge in [0.25, 0.3) is 0 Å². The van der Waals surface area contributed by atoms with Crippen LogP contribution in [0.5, 0.6) is 5.75 Å². The summed E-state index contributed by atoms with van der Waals surface area (Å²) < 4.78 is 47.1. The van der Waals surface area contributed by atoms with Crippen molar-refractivity contribution >= 4 is 17.5 Å². The van der Waals surface area contributed by atoms with Crippen LogP contribution in [0.4, 0.5) is 13.2 Å². The SMILES string of the molecule is CCC(NC(=O)Cc1cccc(OCCCNC(CCc2cccc(C(F)(F)F)c2Cl)(c2ccccc2)c2ccccc2)c1)C1CCCN1. The molecular formula is C40H45ClF3N3O2. The summed E-state index contributed by atoms with van der Waals surface area (Å²) in [7, 11) is 0. The average Bonchev–Trinajstić information content (AvgIpc) is 3.65. The highest BCUT2D eigenvalue weighted by Crippen LogP contribution is 2.39. The maximum absolute atomic E-state index is 13.7. The largest absolute Gasteiger partial charge is 0.494 e. The Morgan fingerprint density at radius 1 is 0.959 bits per heavy atom. The van der Waals surface area contributed by atoms with Gasteiger partial charge in [-0.2, -0.15) is 13.2 Å². The molecule has 0 aliphatic carbocycles. The van der Waals surface area contributed by atoms with Crippen molar-refractivity contribution in [2.24, 2.45) is 0 Å². The number of hydrogen-bond acceptors (Lipinski definition) is 4. The molecule has 2 unspecified atom stereocenters. The van der Waals surface area contributed by atoms with E-state index in [2.05, 4.69) is 22.9 Å². The van der Waals surface area contributed by atoms with E-state index in [1.807, 2.05) is 84.9 Å². The van der Waals surface area contributed by atoms with E-state index in [1.54, 1.807) is 6.07 Å². The third kappa shape index (κ3) is 9.65. The molecule has 0 saturated carbocycles. The molecule has 0 aromatic heterocycles. The fourth-order valence-electron chi connectivity index (χ4n) is 6.80. The zero-order valence-electron chi connectivity index (χ0n) is 27.9. The van der Waals surface area contributed by atoms with Gasteiger partial charge in [-0.3, -0.25) is 4.79 Å². The molecule has 3 N–H and O–H groups in total. The van der Waals surface area contributed by atoms with Crippen LogP contribution in [0.15, 0.2) is 103 Å². The predicted octanol–water partition coefficient (Wildman–Crippen LogP) is 8.48. The minimum atomic E-state index is -4.53. The lowest BCUT2D eigenvalue weighted by atomic mass is 9.78. The van der Waals surface area contributed by atoms with Crippen LogP contribution in [0, 0.1) is 0 Å². The third-order valence-corrected chi connectivity index (χ3v) is 9.78. The highest BCUT2D eigenvalue weighted by atomic mass is 35.5. The van der Waals surface area contributed by atoms with Gasteiger partial charge in [-0.05, 0) is 92.1 Å². The number of aryl methyl sites for hydroxylation is 1. The molecule has 4 aromatic carbocycles. The highest BCUT2D eigenvalue weighted by Gasteiger charge is 2.36. The lowest BCUT2D eigenvalue weighted by molar-refractivity contribution is -0.137. The molecule has 260 valence electrons. The summed E-state index contributed by atoms with van der Waals surface area (Å²) in [5.41, 5.74) is 1.83. The maximum Gasteiger partial charge on any atom is 0.417 e. The van der Waals surface area contributed by atoms with Crippen molar-refractivity contribution < 1.29 is 22.7 Å². The minimum absolute atomic E-state index is 0.00600. The highest BCUT2D eigenvalue weighted by molar-refractivity contribution is 6.32. The summed E-state index contributed by atoms with van der Waals surface area (Å²) in [5.74, 6) is 0.706. The fourth-order valence-corrected chi connectivity index (χ4v) is 7.13. The Labute approximate surface area is 292 Å². The van der Waals surface area contributed by atoms with E-state index in [0.29, 0.717) is 49.8 Å². The van der Waals surface area contributed by atoms with Crippen LogP contribution in [0.2, 0.25) is 5.02 Å². The smallest absolute Gasteiger partial charge is 0.417 e. The Morgan fingerprint density at radius 2 is 1.65 bits per heavy atom. The first-order valence-corrected chi connectivity index (χ1v) is 17.5. The van der Waals surface area contributed by atoms with Crippen molar-refractivity contribution in [2.75, 3.05) is 19.7 Å². The number of nitrogens with one attached hydrogen (secondary N) is 3. The summed E-state index contributed by atoms with van der Waals surface area (Å²) in [6.07, 6.45) is 0.333. The van der Waals surface area contributed by atoms with Gasteiger partial charge in [0.15, 0.2) is 0 Å². The van der Waals surface area contributed by atoms with Crippen molar-refractivity contribution in [3.05, 3.63) is 136 Å². The topological polar surface area (TPSA) is 62.4 Å². The molecule has 1 fully saturated rings. The van der Waals surface area contributed by atoms with Gasteiger partial charge >= 0.3 is 6.18 Å². The number of alkyl halides is 3.